The highest BCUT2D eigenvalue weighted by molar-refractivity contribution is 9.10. The maximum atomic E-state index is 11.8. The number of aryl methyl sites for hydroxylation is 1. The summed E-state index contributed by atoms with van der Waals surface area (Å²) in [6.07, 6.45) is 2.47. The SMILES string of the molecule is CCOc1ccc(Br)cc1/C=N\NC(=O)COc1cccc(CC)c1. The zero-order valence-corrected chi connectivity index (χ0v) is 15.9. The molecule has 0 saturated heterocycles. The number of nitrogens with one attached hydrogen (secondary N) is 1. The molecule has 0 saturated carbocycles. The number of nitrogens with zero attached hydrogens (tertiary/aromatic N) is 1. The van der Waals surface area contributed by atoms with E-state index in [0.717, 1.165) is 22.0 Å². The Morgan fingerprint density at radius 2 is 2.04 bits per heavy atom. The number of hydrogen-bond donors (Lipinski definition) is 1. The monoisotopic (exact) mass is 404 g/mol. The third kappa shape index (κ3) is 6.23. The molecule has 132 valence electrons. The van der Waals surface area contributed by atoms with E-state index in [1.54, 1.807) is 6.21 Å². The molecule has 0 spiro atoms. The fraction of sp³-hybridized carbons (Fsp3) is 0.263. The van der Waals surface area contributed by atoms with Crippen LogP contribution in [0.4, 0.5) is 0 Å². The van der Waals surface area contributed by atoms with E-state index < -0.39 is 0 Å². The molecule has 1 amide bonds. The number of carbonyl (C=O) groups is 1. The number of hydrogen-bond acceptors (Lipinski definition) is 4. The van der Waals surface area contributed by atoms with Gasteiger partial charge in [-0.25, -0.2) is 5.43 Å². The summed E-state index contributed by atoms with van der Waals surface area (Å²) in [7, 11) is 0. The van der Waals surface area contributed by atoms with Crippen molar-refractivity contribution in [1.82, 2.24) is 5.43 Å². The number of hydrazone groups is 1. The Hall–Kier alpha value is -2.34. The van der Waals surface area contributed by atoms with Crippen LogP contribution in [-0.4, -0.2) is 25.3 Å². The number of rotatable bonds is 8. The van der Waals surface area contributed by atoms with Crippen LogP contribution in [0.25, 0.3) is 0 Å². The smallest absolute Gasteiger partial charge is 0.277 e. The molecule has 0 bridgehead atoms. The Kier molecular flexibility index (Phi) is 7.47. The predicted octanol–water partition coefficient (Wildman–Crippen LogP) is 3.94. The van der Waals surface area contributed by atoms with Gasteiger partial charge in [0.25, 0.3) is 5.91 Å². The highest BCUT2D eigenvalue weighted by Crippen LogP contribution is 2.21. The molecule has 0 atom stereocenters. The van der Waals surface area contributed by atoms with E-state index in [2.05, 4.69) is 33.4 Å². The van der Waals surface area contributed by atoms with E-state index in [4.69, 9.17) is 9.47 Å². The first-order chi connectivity index (χ1) is 12.1. The zero-order valence-electron chi connectivity index (χ0n) is 14.3. The van der Waals surface area contributed by atoms with Gasteiger partial charge in [-0.2, -0.15) is 5.10 Å². The lowest BCUT2D eigenvalue weighted by Crippen LogP contribution is -2.24. The summed E-state index contributed by atoms with van der Waals surface area (Å²) in [5.41, 5.74) is 4.39. The Bertz CT molecular complexity index is 747. The molecule has 0 aliphatic rings. The van der Waals surface area contributed by atoms with Crippen molar-refractivity contribution in [2.75, 3.05) is 13.2 Å². The zero-order chi connectivity index (χ0) is 18.1. The maximum absolute atomic E-state index is 11.8. The van der Waals surface area contributed by atoms with Crippen molar-refractivity contribution in [3.05, 3.63) is 58.1 Å². The predicted molar refractivity (Wildman–Crippen MR) is 102 cm³/mol. The summed E-state index contributed by atoms with van der Waals surface area (Å²) in [5.74, 6) is 1.05. The topological polar surface area (TPSA) is 59.9 Å². The minimum Gasteiger partial charge on any atom is -0.493 e. The number of carbonyl (C=O) groups excluding carboxylic acids is 1. The van der Waals surface area contributed by atoms with E-state index >= 15 is 0 Å². The van der Waals surface area contributed by atoms with E-state index in [0.29, 0.717) is 18.1 Å². The van der Waals surface area contributed by atoms with Gasteiger partial charge in [0.2, 0.25) is 0 Å². The molecule has 0 aromatic heterocycles. The van der Waals surface area contributed by atoms with Crippen LogP contribution in [0.3, 0.4) is 0 Å². The molecule has 0 unspecified atom stereocenters. The number of amides is 1. The van der Waals surface area contributed by atoms with Crippen LogP contribution in [0.1, 0.15) is 25.0 Å². The van der Waals surface area contributed by atoms with Crippen LogP contribution in [0.5, 0.6) is 11.5 Å². The van der Waals surface area contributed by atoms with Crippen LogP contribution in [0.15, 0.2) is 52.0 Å². The molecule has 0 aliphatic heterocycles. The standard InChI is InChI=1S/C19H21BrN2O3/c1-3-14-6-5-7-17(10-14)25-13-19(23)22-21-12-15-11-16(20)8-9-18(15)24-4-2/h5-12H,3-4,13H2,1-2H3,(H,22,23)/b21-12-. The Labute approximate surface area is 156 Å². The van der Waals surface area contributed by atoms with Gasteiger partial charge >= 0.3 is 0 Å². The van der Waals surface area contributed by atoms with Gasteiger partial charge in [-0.05, 0) is 49.2 Å². The highest BCUT2D eigenvalue weighted by atomic mass is 79.9. The lowest BCUT2D eigenvalue weighted by Gasteiger charge is -2.08. The number of halogens is 1. The van der Waals surface area contributed by atoms with E-state index in [1.807, 2.05) is 49.4 Å². The minimum atomic E-state index is -0.328. The molecule has 0 heterocycles. The number of ether oxygens (including phenoxy) is 2. The molecule has 0 fully saturated rings. The molecule has 2 aromatic carbocycles. The van der Waals surface area contributed by atoms with Crippen molar-refractivity contribution in [2.45, 2.75) is 20.3 Å². The molecular formula is C19H21BrN2O3. The van der Waals surface area contributed by atoms with Crippen LogP contribution in [0, 0.1) is 0 Å². The summed E-state index contributed by atoms with van der Waals surface area (Å²) in [5, 5.41) is 3.97. The molecule has 25 heavy (non-hydrogen) atoms. The van der Waals surface area contributed by atoms with Gasteiger partial charge in [-0.3, -0.25) is 4.79 Å². The van der Waals surface area contributed by atoms with Crippen molar-refractivity contribution in [3.63, 3.8) is 0 Å². The van der Waals surface area contributed by atoms with Gasteiger partial charge in [0.15, 0.2) is 6.61 Å². The van der Waals surface area contributed by atoms with Gasteiger partial charge < -0.3 is 9.47 Å². The second-order valence-corrected chi connectivity index (χ2v) is 6.11. The Morgan fingerprint density at radius 3 is 2.80 bits per heavy atom. The van der Waals surface area contributed by atoms with E-state index in [-0.39, 0.29) is 12.5 Å². The summed E-state index contributed by atoms with van der Waals surface area (Å²) >= 11 is 3.41. The van der Waals surface area contributed by atoms with Crippen molar-refractivity contribution in [2.24, 2.45) is 5.10 Å². The molecular weight excluding hydrogens is 384 g/mol. The second kappa shape index (κ2) is 9.84. The van der Waals surface area contributed by atoms with E-state index in [9.17, 15) is 4.79 Å². The lowest BCUT2D eigenvalue weighted by atomic mass is 10.2. The maximum Gasteiger partial charge on any atom is 0.277 e. The summed E-state index contributed by atoms with van der Waals surface area (Å²) in [6, 6.07) is 13.3. The molecule has 2 aromatic rings. The van der Waals surface area contributed by atoms with Crippen molar-refractivity contribution in [1.29, 1.82) is 0 Å². The van der Waals surface area contributed by atoms with Gasteiger partial charge in [-0.15, -0.1) is 0 Å². The first-order valence-corrected chi connectivity index (χ1v) is 8.87. The molecule has 0 aliphatic carbocycles. The molecule has 1 N–H and O–H groups in total. The largest absolute Gasteiger partial charge is 0.493 e. The third-order valence-corrected chi connectivity index (χ3v) is 3.83. The summed E-state index contributed by atoms with van der Waals surface area (Å²) < 4.78 is 11.9. The van der Waals surface area contributed by atoms with Gasteiger partial charge in [0.05, 0.1) is 12.8 Å². The normalized spacial score (nSPS) is 10.7. The minimum absolute atomic E-state index is 0.0959. The van der Waals surface area contributed by atoms with Gasteiger partial charge in [0.1, 0.15) is 11.5 Å². The molecule has 5 nitrogen and oxygen atoms in total. The fourth-order valence-corrected chi connectivity index (χ4v) is 2.50. The lowest BCUT2D eigenvalue weighted by molar-refractivity contribution is -0.123. The summed E-state index contributed by atoms with van der Waals surface area (Å²) in [4.78, 5) is 11.8. The number of benzene rings is 2. The first-order valence-electron chi connectivity index (χ1n) is 8.08. The molecule has 2 rings (SSSR count). The van der Waals surface area contributed by atoms with Crippen LogP contribution in [-0.2, 0) is 11.2 Å². The quantitative estimate of drug-likeness (QED) is 0.535. The van der Waals surface area contributed by atoms with Crippen molar-refractivity contribution >= 4 is 28.1 Å². The first kappa shape index (κ1) is 19.0. The third-order valence-electron chi connectivity index (χ3n) is 3.34. The van der Waals surface area contributed by atoms with Crippen LogP contribution < -0.4 is 14.9 Å². The summed E-state index contributed by atoms with van der Waals surface area (Å²) in [6.45, 7) is 4.44. The average Bonchev–Trinajstić information content (AvgIpc) is 2.62. The van der Waals surface area contributed by atoms with Crippen molar-refractivity contribution < 1.29 is 14.3 Å². The second-order valence-electron chi connectivity index (χ2n) is 5.20. The van der Waals surface area contributed by atoms with Gasteiger partial charge in [-0.1, -0.05) is 35.0 Å². The highest BCUT2D eigenvalue weighted by Gasteiger charge is 2.04. The fourth-order valence-electron chi connectivity index (χ4n) is 2.12. The molecule has 0 radical (unpaired) electrons. The Balaban J connectivity index is 1.89. The van der Waals surface area contributed by atoms with Crippen LogP contribution in [0.2, 0.25) is 0 Å². The van der Waals surface area contributed by atoms with E-state index in [1.165, 1.54) is 0 Å². The van der Waals surface area contributed by atoms with Gasteiger partial charge in [0, 0.05) is 10.0 Å². The van der Waals surface area contributed by atoms with Crippen molar-refractivity contribution in [3.8, 4) is 11.5 Å². The average molecular weight is 405 g/mol. The molecule has 6 heteroatoms. The Morgan fingerprint density at radius 1 is 1.20 bits per heavy atom. The van der Waals surface area contributed by atoms with Crippen LogP contribution >= 0.6 is 15.9 Å².